The molecule has 1 heterocycles. The van der Waals surface area contributed by atoms with Crippen LogP contribution >= 0.6 is 0 Å². The summed E-state index contributed by atoms with van der Waals surface area (Å²) < 4.78 is 0. The van der Waals surface area contributed by atoms with E-state index in [9.17, 15) is 14.7 Å². The quantitative estimate of drug-likeness (QED) is 0.616. The zero-order valence-corrected chi connectivity index (χ0v) is 12.5. The number of carbonyl (C=O) groups is 1. The molecule has 1 amide bonds. The molecule has 1 saturated carbocycles. The van der Waals surface area contributed by atoms with Gasteiger partial charge in [0, 0.05) is 12.2 Å². The number of carbonyl (C=O) groups excluding carboxylic acids is 1. The molecule has 0 saturated heterocycles. The van der Waals surface area contributed by atoms with Crippen molar-refractivity contribution in [1.82, 2.24) is 10.3 Å². The number of amides is 1. The number of pyridine rings is 1. The highest BCUT2D eigenvalue weighted by atomic mass is 16.3. The lowest BCUT2D eigenvalue weighted by Gasteiger charge is -2.43. The largest absolute Gasteiger partial charge is 0.388 e. The molecule has 0 radical (unpaired) electrons. The lowest BCUT2D eigenvalue weighted by Crippen LogP contribution is -2.54. The van der Waals surface area contributed by atoms with E-state index in [1.54, 1.807) is 6.07 Å². The monoisotopic (exact) mass is 293 g/mol. The van der Waals surface area contributed by atoms with Crippen molar-refractivity contribution < 1.29 is 9.90 Å². The highest BCUT2D eigenvalue weighted by molar-refractivity contribution is 5.94. The third-order valence-corrected chi connectivity index (χ3v) is 4.19. The molecule has 5 N–H and O–H groups in total. The molecule has 6 nitrogen and oxygen atoms in total. The standard InChI is InChI=1S/C15H23N3O3/c1-3-12-9(2)4-11(14(20)18-12)13(19)17-8-15(21)5-10(6-15)7-16/h4,10,21H,3,5-8,16H2,1-2H3,(H,17,19)(H,18,20). The fourth-order valence-electron chi connectivity index (χ4n) is 2.87. The van der Waals surface area contributed by atoms with E-state index in [0.29, 0.717) is 31.7 Å². The Morgan fingerprint density at radius 3 is 2.81 bits per heavy atom. The van der Waals surface area contributed by atoms with Crippen LogP contribution in [0, 0.1) is 12.8 Å². The Morgan fingerprint density at radius 1 is 1.57 bits per heavy atom. The number of aromatic amines is 1. The zero-order valence-electron chi connectivity index (χ0n) is 12.5. The van der Waals surface area contributed by atoms with Crippen molar-refractivity contribution in [1.29, 1.82) is 0 Å². The minimum atomic E-state index is -0.884. The normalized spacial score (nSPS) is 24.5. The first-order chi connectivity index (χ1) is 9.88. The molecule has 0 atom stereocenters. The van der Waals surface area contributed by atoms with Crippen molar-refractivity contribution in [2.24, 2.45) is 11.7 Å². The van der Waals surface area contributed by atoms with Crippen LogP contribution in [0.15, 0.2) is 10.9 Å². The van der Waals surface area contributed by atoms with Gasteiger partial charge in [-0.05, 0) is 50.3 Å². The molecule has 1 aromatic rings. The summed E-state index contributed by atoms with van der Waals surface area (Å²) in [6.07, 6.45) is 1.89. The van der Waals surface area contributed by atoms with Gasteiger partial charge in [-0.1, -0.05) is 6.92 Å². The molecule has 6 heteroatoms. The van der Waals surface area contributed by atoms with E-state index in [1.807, 2.05) is 13.8 Å². The van der Waals surface area contributed by atoms with Crippen molar-refractivity contribution in [3.05, 3.63) is 33.2 Å². The Labute approximate surface area is 123 Å². The molecule has 1 aromatic heterocycles. The summed E-state index contributed by atoms with van der Waals surface area (Å²) in [7, 11) is 0. The van der Waals surface area contributed by atoms with Gasteiger partial charge in [-0.25, -0.2) is 0 Å². The highest BCUT2D eigenvalue weighted by Gasteiger charge is 2.41. The number of nitrogens with two attached hydrogens (primary N) is 1. The molecule has 116 valence electrons. The van der Waals surface area contributed by atoms with E-state index in [0.717, 1.165) is 11.3 Å². The van der Waals surface area contributed by atoms with Gasteiger partial charge in [0.1, 0.15) is 5.56 Å². The molecular formula is C15H23N3O3. The van der Waals surface area contributed by atoms with Gasteiger partial charge in [-0.2, -0.15) is 0 Å². The van der Waals surface area contributed by atoms with E-state index in [-0.39, 0.29) is 12.1 Å². The predicted molar refractivity (Wildman–Crippen MR) is 80.2 cm³/mol. The Balaban J connectivity index is 2.01. The maximum absolute atomic E-state index is 12.1. The predicted octanol–water partition coefficient (Wildman–Crippen LogP) is 0.0753. The summed E-state index contributed by atoms with van der Waals surface area (Å²) in [6.45, 7) is 4.50. The Morgan fingerprint density at radius 2 is 2.24 bits per heavy atom. The average Bonchev–Trinajstić information content (AvgIpc) is 2.43. The van der Waals surface area contributed by atoms with Gasteiger partial charge in [0.15, 0.2) is 0 Å². The second kappa shape index (κ2) is 5.99. The smallest absolute Gasteiger partial charge is 0.261 e. The molecule has 0 bridgehead atoms. The Kier molecular flexibility index (Phi) is 4.49. The first-order valence-corrected chi connectivity index (χ1v) is 7.32. The van der Waals surface area contributed by atoms with Gasteiger partial charge in [-0.15, -0.1) is 0 Å². The summed E-state index contributed by atoms with van der Waals surface area (Å²) >= 11 is 0. The second-order valence-electron chi connectivity index (χ2n) is 5.94. The second-order valence-corrected chi connectivity index (χ2v) is 5.94. The SMILES string of the molecule is CCc1[nH]c(=O)c(C(=O)NCC2(O)CC(CN)C2)cc1C. The number of aliphatic hydroxyl groups is 1. The number of nitrogens with one attached hydrogen (secondary N) is 2. The molecule has 0 spiro atoms. The molecule has 2 rings (SSSR count). The number of hydrogen-bond acceptors (Lipinski definition) is 4. The van der Waals surface area contributed by atoms with Crippen LogP contribution in [0.3, 0.4) is 0 Å². The summed E-state index contributed by atoms with van der Waals surface area (Å²) in [5.74, 6) is -0.131. The summed E-state index contributed by atoms with van der Waals surface area (Å²) in [5.41, 5.74) is 6.05. The van der Waals surface area contributed by atoms with E-state index >= 15 is 0 Å². The van der Waals surface area contributed by atoms with Gasteiger partial charge in [0.05, 0.1) is 5.60 Å². The molecule has 0 unspecified atom stereocenters. The topological polar surface area (TPSA) is 108 Å². The van der Waals surface area contributed by atoms with Crippen LogP contribution in [-0.2, 0) is 6.42 Å². The molecule has 1 aliphatic rings. The number of aryl methyl sites for hydroxylation is 2. The van der Waals surface area contributed by atoms with Gasteiger partial charge < -0.3 is 21.1 Å². The van der Waals surface area contributed by atoms with Crippen LogP contribution in [0.5, 0.6) is 0 Å². The zero-order chi connectivity index (χ0) is 15.6. The van der Waals surface area contributed by atoms with Gasteiger partial charge in [0.25, 0.3) is 11.5 Å². The maximum atomic E-state index is 12.1. The molecule has 1 fully saturated rings. The van der Waals surface area contributed by atoms with E-state index in [2.05, 4.69) is 10.3 Å². The number of hydrogen-bond donors (Lipinski definition) is 4. The lowest BCUT2D eigenvalue weighted by atomic mass is 9.71. The van der Waals surface area contributed by atoms with Gasteiger partial charge in [-0.3, -0.25) is 9.59 Å². The Bertz CT molecular complexity index is 588. The summed E-state index contributed by atoms with van der Waals surface area (Å²) in [6, 6.07) is 1.60. The van der Waals surface area contributed by atoms with Crippen LogP contribution in [0.1, 0.15) is 41.4 Å². The summed E-state index contributed by atoms with van der Waals surface area (Å²) in [5, 5.41) is 12.8. The van der Waals surface area contributed by atoms with Crippen molar-refractivity contribution in [3.8, 4) is 0 Å². The fourth-order valence-corrected chi connectivity index (χ4v) is 2.87. The first kappa shape index (κ1) is 15.7. The lowest BCUT2D eigenvalue weighted by molar-refractivity contribution is -0.0665. The minimum absolute atomic E-state index is 0.0861. The van der Waals surface area contributed by atoms with Crippen molar-refractivity contribution >= 4 is 5.91 Å². The maximum Gasteiger partial charge on any atom is 0.261 e. The minimum Gasteiger partial charge on any atom is -0.388 e. The van der Waals surface area contributed by atoms with Crippen molar-refractivity contribution in [2.75, 3.05) is 13.1 Å². The van der Waals surface area contributed by atoms with Gasteiger partial charge in [0.2, 0.25) is 0 Å². The first-order valence-electron chi connectivity index (χ1n) is 7.32. The highest BCUT2D eigenvalue weighted by Crippen LogP contribution is 2.36. The van der Waals surface area contributed by atoms with E-state index in [1.165, 1.54) is 0 Å². The van der Waals surface area contributed by atoms with Gasteiger partial charge >= 0.3 is 0 Å². The Hall–Kier alpha value is -1.66. The number of H-pyrrole nitrogens is 1. The fraction of sp³-hybridized carbons (Fsp3) is 0.600. The van der Waals surface area contributed by atoms with Crippen LogP contribution in [0.25, 0.3) is 0 Å². The molecule has 0 aliphatic heterocycles. The van der Waals surface area contributed by atoms with E-state index in [4.69, 9.17) is 5.73 Å². The molecule has 1 aliphatic carbocycles. The van der Waals surface area contributed by atoms with Crippen molar-refractivity contribution in [2.45, 2.75) is 38.7 Å². The number of rotatable bonds is 5. The van der Waals surface area contributed by atoms with Crippen LogP contribution < -0.4 is 16.6 Å². The van der Waals surface area contributed by atoms with Crippen LogP contribution in [-0.4, -0.2) is 34.7 Å². The summed E-state index contributed by atoms with van der Waals surface area (Å²) in [4.78, 5) is 26.7. The van der Waals surface area contributed by atoms with Crippen LogP contribution in [0.2, 0.25) is 0 Å². The van der Waals surface area contributed by atoms with Crippen molar-refractivity contribution in [3.63, 3.8) is 0 Å². The van der Waals surface area contributed by atoms with Crippen LogP contribution in [0.4, 0.5) is 0 Å². The number of aromatic nitrogens is 1. The average molecular weight is 293 g/mol. The molecule has 21 heavy (non-hydrogen) atoms. The van der Waals surface area contributed by atoms with E-state index < -0.39 is 17.1 Å². The molecular weight excluding hydrogens is 270 g/mol. The third-order valence-electron chi connectivity index (χ3n) is 4.19. The third kappa shape index (κ3) is 3.33. The molecule has 0 aromatic carbocycles.